The summed E-state index contributed by atoms with van der Waals surface area (Å²) < 4.78 is 5.10. The molecule has 0 saturated carbocycles. The van der Waals surface area contributed by atoms with E-state index >= 15 is 0 Å². The lowest BCUT2D eigenvalue weighted by molar-refractivity contribution is 0.102. The fourth-order valence-electron chi connectivity index (χ4n) is 2.60. The summed E-state index contributed by atoms with van der Waals surface area (Å²) in [5, 5.41) is 6.16. The number of halogens is 1. The third-order valence-electron chi connectivity index (χ3n) is 4.18. The summed E-state index contributed by atoms with van der Waals surface area (Å²) >= 11 is 6.00. The van der Waals surface area contributed by atoms with Crippen molar-refractivity contribution >= 4 is 34.8 Å². The van der Waals surface area contributed by atoms with Crippen LogP contribution in [0.15, 0.2) is 66.7 Å². The summed E-state index contributed by atoms with van der Waals surface area (Å²) in [5.41, 5.74) is 2.92. The van der Waals surface area contributed by atoms with Gasteiger partial charge in [0.25, 0.3) is 11.8 Å². The van der Waals surface area contributed by atoms with Crippen molar-refractivity contribution < 1.29 is 14.3 Å². The van der Waals surface area contributed by atoms with E-state index in [1.54, 1.807) is 67.8 Å². The van der Waals surface area contributed by atoms with Gasteiger partial charge in [0.2, 0.25) is 0 Å². The molecule has 2 N–H and O–H groups in total. The summed E-state index contributed by atoms with van der Waals surface area (Å²) in [4.78, 5) is 25.1. The number of ether oxygens (including phenoxy) is 1. The maximum absolute atomic E-state index is 12.6. The molecule has 0 atom stereocenters. The Hall–Kier alpha value is -3.31. The molecular formula is C22H19ClN2O3. The Kier molecular flexibility index (Phi) is 5.96. The number of aryl methyl sites for hydroxylation is 1. The molecule has 3 aromatic carbocycles. The molecule has 0 aromatic heterocycles. The van der Waals surface area contributed by atoms with Crippen molar-refractivity contribution in [3.63, 3.8) is 0 Å². The smallest absolute Gasteiger partial charge is 0.255 e. The largest absolute Gasteiger partial charge is 0.497 e. The van der Waals surface area contributed by atoms with Gasteiger partial charge in [-0.2, -0.15) is 0 Å². The van der Waals surface area contributed by atoms with Crippen LogP contribution in [-0.4, -0.2) is 18.9 Å². The van der Waals surface area contributed by atoms with Crippen LogP contribution in [-0.2, 0) is 0 Å². The Labute approximate surface area is 168 Å². The molecule has 0 aliphatic rings. The van der Waals surface area contributed by atoms with E-state index in [1.807, 2.05) is 13.0 Å². The SMILES string of the molecule is COc1ccc(NC(=O)c2cccc(C(=O)Nc3cc(Cl)ccc3C)c2)cc1. The molecular weight excluding hydrogens is 376 g/mol. The lowest BCUT2D eigenvalue weighted by atomic mass is 10.1. The number of rotatable bonds is 5. The van der Waals surface area contributed by atoms with Gasteiger partial charge in [0.05, 0.1) is 7.11 Å². The molecule has 0 heterocycles. The fourth-order valence-corrected chi connectivity index (χ4v) is 2.77. The van der Waals surface area contributed by atoms with Gasteiger partial charge >= 0.3 is 0 Å². The first-order chi connectivity index (χ1) is 13.5. The first kappa shape index (κ1) is 19.5. The minimum atomic E-state index is -0.315. The predicted octanol–water partition coefficient (Wildman–Crippen LogP) is 5.16. The normalized spacial score (nSPS) is 10.2. The average Bonchev–Trinajstić information content (AvgIpc) is 2.71. The second kappa shape index (κ2) is 8.59. The number of nitrogens with one attached hydrogen (secondary N) is 2. The van der Waals surface area contributed by atoms with Crippen LogP contribution < -0.4 is 15.4 Å². The van der Waals surface area contributed by atoms with Gasteiger partial charge in [0.1, 0.15) is 5.75 Å². The van der Waals surface area contributed by atoms with Crippen molar-refractivity contribution in [1.29, 1.82) is 0 Å². The van der Waals surface area contributed by atoms with E-state index in [-0.39, 0.29) is 11.8 Å². The Morgan fingerprint density at radius 1 is 0.857 bits per heavy atom. The number of amides is 2. The zero-order chi connectivity index (χ0) is 20.1. The lowest BCUT2D eigenvalue weighted by Gasteiger charge is -2.10. The zero-order valence-corrected chi connectivity index (χ0v) is 16.2. The highest BCUT2D eigenvalue weighted by Gasteiger charge is 2.12. The summed E-state index contributed by atoms with van der Waals surface area (Å²) in [7, 11) is 1.58. The van der Waals surface area contributed by atoms with Crippen molar-refractivity contribution in [3.05, 3.63) is 88.4 Å². The van der Waals surface area contributed by atoms with Gasteiger partial charge in [-0.3, -0.25) is 9.59 Å². The standard InChI is InChI=1S/C22H19ClN2O3/c1-14-6-7-17(23)13-20(14)25-22(27)16-5-3-4-15(12-16)21(26)24-18-8-10-19(28-2)11-9-18/h3-13H,1-2H3,(H,24,26)(H,25,27). The maximum atomic E-state index is 12.6. The molecule has 0 aliphatic carbocycles. The van der Waals surface area contributed by atoms with E-state index in [0.29, 0.717) is 33.3 Å². The number of anilines is 2. The van der Waals surface area contributed by atoms with Crippen molar-refractivity contribution in [2.24, 2.45) is 0 Å². The van der Waals surface area contributed by atoms with Crippen LogP contribution in [0, 0.1) is 6.92 Å². The molecule has 0 aliphatic heterocycles. The molecule has 3 aromatic rings. The first-order valence-corrected chi connectivity index (χ1v) is 8.97. The van der Waals surface area contributed by atoms with Gasteiger partial charge in [-0.1, -0.05) is 23.7 Å². The molecule has 0 radical (unpaired) electrons. The van der Waals surface area contributed by atoms with Crippen LogP contribution in [0.3, 0.4) is 0 Å². The molecule has 0 unspecified atom stereocenters. The lowest BCUT2D eigenvalue weighted by Crippen LogP contribution is -2.16. The number of methoxy groups -OCH3 is 1. The maximum Gasteiger partial charge on any atom is 0.255 e. The molecule has 28 heavy (non-hydrogen) atoms. The van der Waals surface area contributed by atoms with E-state index in [0.717, 1.165) is 5.56 Å². The van der Waals surface area contributed by atoms with Crippen LogP contribution in [0.1, 0.15) is 26.3 Å². The Morgan fingerprint density at radius 3 is 2.14 bits per heavy atom. The van der Waals surface area contributed by atoms with Gasteiger partial charge in [-0.05, 0) is 67.1 Å². The van der Waals surface area contributed by atoms with E-state index in [2.05, 4.69) is 10.6 Å². The zero-order valence-electron chi connectivity index (χ0n) is 15.5. The highest BCUT2D eigenvalue weighted by atomic mass is 35.5. The summed E-state index contributed by atoms with van der Waals surface area (Å²) in [6.07, 6.45) is 0. The number of hydrogen-bond donors (Lipinski definition) is 2. The molecule has 0 saturated heterocycles. The summed E-state index contributed by atoms with van der Waals surface area (Å²) in [6.45, 7) is 1.88. The van der Waals surface area contributed by atoms with Gasteiger partial charge < -0.3 is 15.4 Å². The van der Waals surface area contributed by atoms with Crippen LogP contribution in [0.4, 0.5) is 11.4 Å². The topological polar surface area (TPSA) is 67.4 Å². The van der Waals surface area contributed by atoms with E-state index in [4.69, 9.17) is 16.3 Å². The van der Waals surface area contributed by atoms with E-state index in [1.165, 1.54) is 0 Å². The van der Waals surface area contributed by atoms with Crippen molar-refractivity contribution in [2.45, 2.75) is 6.92 Å². The highest BCUT2D eigenvalue weighted by molar-refractivity contribution is 6.31. The summed E-state index contributed by atoms with van der Waals surface area (Å²) in [5.74, 6) is 0.0798. The van der Waals surface area contributed by atoms with Gasteiger partial charge in [-0.25, -0.2) is 0 Å². The first-order valence-electron chi connectivity index (χ1n) is 8.59. The number of hydrogen-bond acceptors (Lipinski definition) is 3. The molecule has 142 valence electrons. The average molecular weight is 395 g/mol. The third-order valence-corrected chi connectivity index (χ3v) is 4.42. The predicted molar refractivity (Wildman–Crippen MR) is 112 cm³/mol. The minimum absolute atomic E-state index is 0.307. The molecule has 5 nitrogen and oxygen atoms in total. The Morgan fingerprint density at radius 2 is 1.50 bits per heavy atom. The summed E-state index contributed by atoms with van der Waals surface area (Å²) in [6, 6.07) is 18.8. The van der Waals surface area contributed by atoms with E-state index in [9.17, 15) is 9.59 Å². The molecule has 6 heteroatoms. The van der Waals surface area contributed by atoms with Crippen LogP contribution in [0.5, 0.6) is 5.75 Å². The molecule has 0 spiro atoms. The minimum Gasteiger partial charge on any atom is -0.497 e. The number of carbonyl (C=O) groups is 2. The van der Waals surface area contributed by atoms with E-state index < -0.39 is 0 Å². The van der Waals surface area contributed by atoms with Gasteiger partial charge in [0, 0.05) is 27.5 Å². The fraction of sp³-hybridized carbons (Fsp3) is 0.0909. The van der Waals surface area contributed by atoms with Crippen LogP contribution in [0.25, 0.3) is 0 Å². The Balaban J connectivity index is 1.74. The highest BCUT2D eigenvalue weighted by Crippen LogP contribution is 2.21. The molecule has 3 rings (SSSR count). The van der Waals surface area contributed by atoms with Gasteiger partial charge in [0.15, 0.2) is 0 Å². The second-order valence-corrected chi connectivity index (χ2v) is 6.61. The molecule has 0 bridgehead atoms. The number of carbonyl (C=O) groups excluding carboxylic acids is 2. The monoisotopic (exact) mass is 394 g/mol. The van der Waals surface area contributed by atoms with Crippen molar-refractivity contribution in [2.75, 3.05) is 17.7 Å². The number of benzene rings is 3. The second-order valence-electron chi connectivity index (χ2n) is 6.18. The Bertz CT molecular complexity index is 1020. The third kappa shape index (κ3) is 4.69. The molecule has 0 fully saturated rings. The van der Waals surface area contributed by atoms with Crippen molar-refractivity contribution in [1.82, 2.24) is 0 Å². The molecule has 2 amide bonds. The quantitative estimate of drug-likeness (QED) is 0.628. The van der Waals surface area contributed by atoms with Crippen molar-refractivity contribution in [3.8, 4) is 5.75 Å². The van der Waals surface area contributed by atoms with Gasteiger partial charge in [-0.15, -0.1) is 0 Å². The van der Waals surface area contributed by atoms with Crippen LogP contribution in [0.2, 0.25) is 5.02 Å². The van der Waals surface area contributed by atoms with Crippen LogP contribution >= 0.6 is 11.6 Å².